The van der Waals surface area contributed by atoms with Crippen LogP contribution in [-0.2, 0) is 11.3 Å². The molecule has 0 saturated carbocycles. The fourth-order valence-corrected chi connectivity index (χ4v) is 9.57. The van der Waals surface area contributed by atoms with Gasteiger partial charge < -0.3 is 9.80 Å². The van der Waals surface area contributed by atoms with E-state index in [-0.39, 0.29) is 80.7 Å². The maximum Gasteiger partial charge on any atom is 0.298 e. The zero-order valence-corrected chi connectivity index (χ0v) is 38.4. The number of anilines is 4. The Morgan fingerprint density at radius 2 is 1.11 bits per heavy atom. The third-order valence-electron chi connectivity index (χ3n) is 13.2. The summed E-state index contributed by atoms with van der Waals surface area (Å²) in [4.78, 5) is 7.94. The Hall–Kier alpha value is -8.61. The molecule has 0 aliphatic carbocycles. The molecule has 0 fully saturated rings. The van der Waals surface area contributed by atoms with Crippen LogP contribution in [0.2, 0.25) is 0 Å². The van der Waals surface area contributed by atoms with Gasteiger partial charge in [-0.05, 0) is 107 Å². The van der Waals surface area contributed by atoms with Gasteiger partial charge in [0.2, 0.25) is 0 Å². The van der Waals surface area contributed by atoms with Gasteiger partial charge in [0, 0.05) is 50.3 Å². The van der Waals surface area contributed by atoms with Gasteiger partial charge in [-0.3, -0.25) is 4.57 Å². The van der Waals surface area contributed by atoms with Gasteiger partial charge in [-0.25, -0.2) is 4.98 Å². The standard InChI is InChI=1S/C65H50F2N4/c1-44-31-34-58-57(37-44)54-33-32-52(41-61(54)71(58)62-42-50(35-36-68-62)64(2,3)49-25-14-7-15-26-49)65(66,67)51-27-18-28-53(40-51)69-43-70(60-30-17-16-29-59(60)69)63-55(46-21-10-5-11-22-46)38-48(45-19-8-4-9-20-45)39-56(63)47-23-12-6-13-24-47/h4-42H,43H2,1-3H3/i4D,5D,6D,8D,9D,10D,11D,12D,13D,19D,20D,21D,22D,23D,24D,31D,34D,37D. The lowest BCUT2D eigenvalue weighted by Gasteiger charge is -2.28. The highest BCUT2D eigenvalue weighted by Crippen LogP contribution is 2.52. The molecule has 0 N–H and O–H groups in total. The lowest BCUT2D eigenvalue weighted by molar-refractivity contribution is 0.0430. The zero-order valence-electron chi connectivity index (χ0n) is 56.4. The van der Waals surface area contributed by atoms with Crippen molar-refractivity contribution in [2.24, 2.45) is 0 Å². The largest absolute Gasteiger partial charge is 0.321 e. The smallest absolute Gasteiger partial charge is 0.298 e. The van der Waals surface area contributed by atoms with E-state index in [4.69, 9.17) is 21.4 Å². The highest BCUT2D eigenvalue weighted by Gasteiger charge is 2.37. The fourth-order valence-electron chi connectivity index (χ4n) is 9.57. The molecular formula is C65H50F2N4. The zero-order chi connectivity index (χ0) is 63.9. The second kappa shape index (κ2) is 17.4. The summed E-state index contributed by atoms with van der Waals surface area (Å²) in [6, 6.07) is 20.5. The van der Waals surface area contributed by atoms with Gasteiger partial charge >= 0.3 is 0 Å². The Balaban J connectivity index is 1.06. The minimum Gasteiger partial charge on any atom is -0.321 e. The first-order valence-electron chi connectivity index (χ1n) is 31.7. The van der Waals surface area contributed by atoms with Gasteiger partial charge in [-0.15, -0.1) is 0 Å². The van der Waals surface area contributed by atoms with Crippen LogP contribution in [0.1, 0.15) is 66.3 Å². The third kappa shape index (κ3) is 7.64. The number of benzene rings is 9. The lowest BCUT2D eigenvalue weighted by atomic mass is 9.78. The number of aromatic nitrogens is 2. The quantitative estimate of drug-likeness (QED) is 0.137. The van der Waals surface area contributed by atoms with E-state index in [9.17, 15) is 8.22 Å². The first kappa shape index (κ1) is 28.2. The van der Waals surface area contributed by atoms with E-state index < -0.39 is 130 Å². The molecule has 1 aliphatic rings. The molecule has 1 aliphatic heterocycles. The van der Waals surface area contributed by atoms with Crippen LogP contribution in [0, 0.1) is 6.92 Å². The average molecular weight is 943 g/mol. The molecule has 0 radical (unpaired) electrons. The minimum absolute atomic E-state index is 0.0384. The third-order valence-corrected chi connectivity index (χ3v) is 13.2. The normalized spacial score (nSPS) is 16.3. The molecular weight excluding hydrogens is 875 g/mol. The van der Waals surface area contributed by atoms with Gasteiger partial charge in [0.05, 0.1) is 52.8 Å². The van der Waals surface area contributed by atoms with Crippen molar-refractivity contribution >= 4 is 44.6 Å². The molecule has 0 bridgehead atoms. The van der Waals surface area contributed by atoms with Crippen molar-refractivity contribution < 1.29 is 33.5 Å². The highest BCUT2D eigenvalue weighted by atomic mass is 19.3. The molecule has 11 aromatic rings. The van der Waals surface area contributed by atoms with Crippen LogP contribution in [0.25, 0.3) is 61.0 Å². The van der Waals surface area contributed by atoms with E-state index in [0.717, 1.165) is 11.1 Å². The van der Waals surface area contributed by atoms with Crippen molar-refractivity contribution in [3.05, 3.63) is 264 Å². The number of alkyl halides is 2. The van der Waals surface area contributed by atoms with Gasteiger partial charge in [-0.2, -0.15) is 8.78 Å². The summed E-state index contributed by atoms with van der Waals surface area (Å²) in [6.07, 6.45) is 1.60. The maximum absolute atomic E-state index is 18.0. The van der Waals surface area contributed by atoms with Crippen molar-refractivity contribution in [3.8, 4) is 39.2 Å². The number of hydrogen-bond acceptors (Lipinski definition) is 3. The molecule has 0 atom stereocenters. The van der Waals surface area contributed by atoms with Crippen molar-refractivity contribution in [1.29, 1.82) is 0 Å². The number of hydrogen-bond donors (Lipinski definition) is 0. The van der Waals surface area contributed by atoms with Crippen LogP contribution in [-0.4, -0.2) is 16.2 Å². The number of para-hydroxylation sites is 2. The van der Waals surface area contributed by atoms with Crippen molar-refractivity contribution in [1.82, 2.24) is 9.55 Å². The molecule has 12 rings (SSSR count). The molecule has 4 nitrogen and oxygen atoms in total. The lowest BCUT2D eigenvalue weighted by Crippen LogP contribution is -2.25. The predicted molar refractivity (Wildman–Crippen MR) is 290 cm³/mol. The Morgan fingerprint density at radius 1 is 0.507 bits per heavy atom. The first-order valence-corrected chi connectivity index (χ1v) is 22.7. The van der Waals surface area contributed by atoms with E-state index in [1.807, 2.05) is 56.3 Å². The van der Waals surface area contributed by atoms with Crippen molar-refractivity contribution in [2.75, 3.05) is 16.5 Å². The second-order valence-corrected chi connectivity index (χ2v) is 17.7. The van der Waals surface area contributed by atoms with E-state index in [0.29, 0.717) is 16.8 Å². The number of rotatable bonds is 10. The average Bonchev–Trinajstić information content (AvgIpc) is 1.70. The fraction of sp³-hybridized carbons (Fsp3) is 0.0923. The van der Waals surface area contributed by atoms with Crippen LogP contribution in [0.3, 0.4) is 0 Å². The van der Waals surface area contributed by atoms with Crippen LogP contribution in [0.4, 0.5) is 31.5 Å². The second-order valence-electron chi connectivity index (χ2n) is 17.7. The number of fused-ring (bicyclic) bond motifs is 4. The van der Waals surface area contributed by atoms with Crippen LogP contribution >= 0.6 is 0 Å². The van der Waals surface area contributed by atoms with Gasteiger partial charge in [0.15, 0.2) is 0 Å². The van der Waals surface area contributed by atoms with Crippen molar-refractivity contribution in [3.63, 3.8) is 0 Å². The summed E-state index contributed by atoms with van der Waals surface area (Å²) in [6.45, 7) is 5.32. The Morgan fingerprint density at radius 3 is 1.79 bits per heavy atom. The van der Waals surface area contributed by atoms with E-state index in [1.165, 1.54) is 48.5 Å². The molecule has 71 heavy (non-hydrogen) atoms. The number of pyridine rings is 1. The highest BCUT2D eigenvalue weighted by molar-refractivity contribution is 6.09. The summed E-state index contributed by atoms with van der Waals surface area (Å²) >= 11 is 0. The van der Waals surface area contributed by atoms with Crippen molar-refractivity contribution in [2.45, 2.75) is 32.1 Å². The molecule has 2 aromatic heterocycles. The Labute approximate surface area is 438 Å². The maximum atomic E-state index is 18.0. The molecule has 0 saturated heterocycles. The van der Waals surface area contributed by atoms with Crippen LogP contribution in [0.15, 0.2) is 236 Å². The van der Waals surface area contributed by atoms with E-state index in [2.05, 4.69) is 0 Å². The van der Waals surface area contributed by atoms with Gasteiger partial charge in [-0.1, -0.05) is 183 Å². The predicted octanol–water partition coefficient (Wildman–Crippen LogP) is 17.2. The van der Waals surface area contributed by atoms with Gasteiger partial charge in [0.25, 0.3) is 5.92 Å². The Bertz CT molecular complexity index is 4680. The van der Waals surface area contributed by atoms with E-state index in [1.54, 1.807) is 57.8 Å². The SMILES string of the molecule is [2H]c1c([2H])c([2H])c(-c2cc(-c3c([2H])c([2H])c([2H])c([2H])c3[2H])c(N3CN(c4cccc(C(F)(F)c5ccc6c7c([2H])c(C)c([2H])c([2H])c7n(-c7cc(C(C)(C)c8ccccc8)ccn7)c6c5)c4)c4ccccc43)c(-c3c([2H])c([2H])c([2H])c([2H])c3[2H])c2)c([2H])c1[2H]. The van der Waals surface area contributed by atoms with Gasteiger partial charge in [0.1, 0.15) is 12.5 Å². The number of nitrogens with zero attached hydrogens (tertiary/aromatic N) is 4. The first-order chi connectivity index (χ1) is 42.1. The molecule has 344 valence electrons. The topological polar surface area (TPSA) is 24.3 Å². The monoisotopic (exact) mass is 943 g/mol. The summed E-state index contributed by atoms with van der Waals surface area (Å²) in [5, 5.41) is 0.667. The molecule has 3 heterocycles. The summed E-state index contributed by atoms with van der Waals surface area (Å²) < 4.78 is 198. The molecule has 6 heteroatoms. The summed E-state index contributed by atoms with van der Waals surface area (Å²) in [5.41, 5.74) is -0.417. The molecule has 0 spiro atoms. The molecule has 0 unspecified atom stereocenters. The minimum atomic E-state index is -3.78. The molecule has 0 amide bonds. The van der Waals surface area contributed by atoms with E-state index >= 15 is 8.78 Å². The summed E-state index contributed by atoms with van der Waals surface area (Å²) in [5.74, 6) is -3.50. The molecule has 9 aromatic carbocycles. The van der Waals surface area contributed by atoms with Crippen LogP contribution < -0.4 is 9.80 Å². The summed E-state index contributed by atoms with van der Waals surface area (Å²) in [7, 11) is 0. The Kier molecular flexibility index (Phi) is 6.90. The number of halogens is 2. The van der Waals surface area contributed by atoms with Crippen LogP contribution in [0.5, 0.6) is 0 Å².